The molecule has 0 amide bonds. The molecule has 0 fully saturated rings. The van der Waals surface area contributed by atoms with Gasteiger partial charge in [0.2, 0.25) is 0 Å². The monoisotopic (exact) mass is 255 g/mol. The van der Waals surface area contributed by atoms with E-state index in [9.17, 15) is 4.39 Å². The highest BCUT2D eigenvalue weighted by molar-refractivity contribution is 5.30. The third-order valence-corrected chi connectivity index (χ3v) is 2.97. The molecule has 3 nitrogen and oxygen atoms in total. The number of hydrogen-bond acceptors (Lipinski definition) is 3. The second-order valence-electron chi connectivity index (χ2n) is 4.28. The topological polar surface area (TPSA) is 48.7 Å². The molecule has 1 heterocycles. The van der Waals surface area contributed by atoms with Crippen LogP contribution in [0.2, 0.25) is 0 Å². The third-order valence-electron chi connectivity index (χ3n) is 2.97. The van der Waals surface area contributed by atoms with Crippen LogP contribution in [0, 0.1) is 17.1 Å². The van der Waals surface area contributed by atoms with Crippen LogP contribution in [0.4, 0.5) is 4.39 Å². The maximum absolute atomic E-state index is 12.8. The largest absolute Gasteiger partial charge is 0.306 e. The zero-order valence-corrected chi connectivity index (χ0v) is 10.6. The zero-order chi connectivity index (χ0) is 13.7. The summed E-state index contributed by atoms with van der Waals surface area (Å²) in [5, 5.41) is 12.2. The fourth-order valence-electron chi connectivity index (χ4n) is 1.81. The fourth-order valence-corrected chi connectivity index (χ4v) is 1.81. The normalized spacial score (nSPS) is 11.8. The smallest absolute Gasteiger partial charge is 0.144 e. The van der Waals surface area contributed by atoms with Crippen LogP contribution in [0.15, 0.2) is 42.6 Å². The first-order valence-corrected chi connectivity index (χ1v) is 6.03. The van der Waals surface area contributed by atoms with Crippen LogP contribution in [-0.2, 0) is 6.54 Å². The van der Waals surface area contributed by atoms with E-state index in [0.29, 0.717) is 12.2 Å². The van der Waals surface area contributed by atoms with Crippen LogP contribution in [0.1, 0.15) is 29.8 Å². The molecular weight excluding hydrogens is 241 g/mol. The van der Waals surface area contributed by atoms with E-state index in [1.807, 2.05) is 13.0 Å². The maximum atomic E-state index is 12.8. The second-order valence-corrected chi connectivity index (χ2v) is 4.28. The van der Waals surface area contributed by atoms with Gasteiger partial charge in [-0.15, -0.1) is 0 Å². The van der Waals surface area contributed by atoms with Gasteiger partial charge in [-0.25, -0.2) is 9.37 Å². The summed E-state index contributed by atoms with van der Waals surface area (Å²) in [6, 6.07) is 12.2. The van der Waals surface area contributed by atoms with Gasteiger partial charge in [-0.05, 0) is 30.7 Å². The first-order chi connectivity index (χ1) is 9.20. The number of hydrogen-bond donors (Lipinski definition) is 1. The molecule has 0 saturated heterocycles. The minimum atomic E-state index is -0.241. The minimum absolute atomic E-state index is 0.0762. The van der Waals surface area contributed by atoms with E-state index < -0.39 is 0 Å². The summed E-state index contributed by atoms with van der Waals surface area (Å²) in [5.74, 6) is -0.241. The van der Waals surface area contributed by atoms with Gasteiger partial charge in [-0.3, -0.25) is 0 Å². The van der Waals surface area contributed by atoms with Crippen molar-refractivity contribution in [1.29, 1.82) is 5.26 Å². The summed E-state index contributed by atoms with van der Waals surface area (Å²) in [6.45, 7) is 2.55. The number of pyridine rings is 1. The number of nitrogens with zero attached hydrogens (tertiary/aromatic N) is 2. The van der Waals surface area contributed by atoms with Gasteiger partial charge in [-0.1, -0.05) is 18.2 Å². The Balaban J connectivity index is 2.02. The lowest BCUT2D eigenvalue weighted by Gasteiger charge is -2.14. The van der Waals surface area contributed by atoms with Crippen LogP contribution < -0.4 is 5.32 Å². The molecule has 0 radical (unpaired) electrons. The molecule has 0 saturated carbocycles. The van der Waals surface area contributed by atoms with E-state index in [4.69, 9.17) is 5.26 Å². The van der Waals surface area contributed by atoms with Crippen molar-refractivity contribution in [1.82, 2.24) is 10.3 Å². The van der Waals surface area contributed by atoms with Crippen LogP contribution in [0.5, 0.6) is 0 Å². The highest BCUT2D eigenvalue weighted by Gasteiger charge is 2.07. The highest BCUT2D eigenvalue weighted by atomic mass is 19.1. The predicted octanol–water partition coefficient (Wildman–Crippen LogP) is 2.94. The third kappa shape index (κ3) is 3.36. The number of halogens is 1. The van der Waals surface area contributed by atoms with Gasteiger partial charge in [0, 0.05) is 24.3 Å². The minimum Gasteiger partial charge on any atom is -0.306 e. The molecule has 96 valence electrons. The molecule has 0 aliphatic carbocycles. The molecule has 1 N–H and O–H groups in total. The first-order valence-electron chi connectivity index (χ1n) is 6.03. The van der Waals surface area contributed by atoms with Crippen molar-refractivity contribution in [3.05, 3.63) is 65.2 Å². The lowest BCUT2D eigenvalue weighted by atomic mass is 10.1. The Labute approximate surface area is 111 Å². The Morgan fingerprint density at radius 1 is 1.32 bits per heavy atom. The molecule has 0 bridgehead atoms. The van der Waals surface area contributed by atoms with Gasteiger partial charge >= 0.3 is 0 Å². The molecule has 1 aromatic heterocycles. The van der Waals surface area contributed by atoms with E-state index in [1.165, 1.54) is 12.1 Å². The molecule has 2 rings (SSSR count). The molecule has 1 aromatic carbocycles. The molecule has 0 aliphatic heterocycles. The van der Waals surface area contributed by atoms with Gasteiger partial charge in [0.05, 0.1) is 0 Å². The summed E-state index contributed by atoms with van der Waals surface area (Å²) >= 11 is 0. The van der Waals surface area contributed by atoms with Crippen LogP contribution in [-0.4, -0.2) is 4.98 Å². The number of aromatic nitrogens is 1. The van der Waals surface area contributed by atoms with Crippen molar-refractivity contribution in [2.75, 3.05) is 0 Å². The Morgan fingerprint density at radius 2 is 2.05 bits per heavy atom. The molecule has 19 heavy (non-hydrogen) atoms. The quantitative estimate of drug-likeness (QED) is 0.913. The van der Waals surface area contributed by atoms with Crippen molar-refractivity contribution < 1.29 is 4.39 Å². The van der Waals surface area contributed by atoms with Crippen molar-refractivity contribution in [3.63, 3.8) is 0 Å². The number of benzene rings is 1. The van der Waals surface area contributed by atoms with E-state index in [-0.39, 0.29) is 11.9 Å². The fraction of sp³-hybridized carbons (Fsp3) is 0.200. The van der Waals surface area contributed by atoms with Crippen LogP contribution >= 0.6 is 0 Å². The average Bonchev–Trinajstić information content (AvgIpc) is 2.45. The van der Waals surface area contributed by atoms with Crippen molar-refractivity contribution in [2.24, 2.45) is 0 Å². The Bertz CT molecular complexity index is 587. The summed E-state index contributed by atoms with van der Waals surface area (Å²) in [4.78, 5) is 4.01. The van der Waals surface area contributed by atoms with Gasteiger partial charge in [0.1, 0.15) is 17.6 Å². The molecule has 0 aliphatic rings. The molecule has 0 unspecified atom stereocenters. The van der Waals surface area contributed by atoms with E-state index in [0.717, 1.165) is 11.1 Å². The number of rotatable bonds is 4. The predicted molar refractivity (Wildman–Crippen MR) is 70.6 cm³/mol. The van der Waals surface area contributed by atoms with Gasteiger partial charge in [0.25, 0.3) is 0 Å². The zero-order valence-electron chi connectivity index (χ0n) is 10.6. The lowest BCUT2D eigenvalue weighted by molar-refractivity contribution is 0.569. The lowest BCUT2D eigenvalue weighted by Crippen LogP contribution is -2.18. The standard InChI is InChI=1S/C15H14FN3/c1-11(12-4-6-14(16)7-5-12)19-10-13-3-2-8-18-15(13)9-17/h2-8,11,19H,10H2,1H3/t11-/m1/s1. The SMILES string of the molecule is C[C@@H](NCc1cccnc1C#N)c1ccc(F)cc1. The summed E-state index contributed by atoms with van der Waals surface area (Å²) in [5.41, 5.74) is 2.30. The van der Waals surface area contributed by atoms with Crippen molar-refractivity contribution in [3.8, 4) is 6.07 Å². The second kappa shape index (κ2) is 6.07. The Morgan fingerprint density at radius 3 is 2.74 bits per heavy atom. The number of nitrogens with one attached hydrogen (secondary N) is 1. The summed E-state index contributed by atoms with van der Waals surface area (Å²) in [7, 11) is 0. The van der Waals surface area contributed by atoms with Crippen molar-refractivity contribution in [2.45, 2.75) is 19.5 Å². The Hall–Kier alpha value is -2.25. The van der Waals surface area contributed by atoms with Crippen molar-refractivity contribution >= 4 is 0 Å². The molecule has 1 atom stereocenters. The maximum Gasteiger partial charge on any atom is 0.144 e. The van der Waals surface area contributed by atoms with E-state index >= 15 is 0 Å². The van der Waals surface area contributed by atoms with E-state index in [1.54, 1.807) is 24.4 Å². The summed E-state index contributed by atoms with van der Waals surface area (Å²) in [6.07, 6.45) is 1.60. The molecule has 0 spiro atoms. The van der Waals surface area contributed by atoms with Crippen LogP contribution in [0.25, 0.3) is 0 Å². The van der Waals surface area contributed by atoms with E-state index in [2.05, 4.69) is 16.4 Å². The average molecular weight is 255 g/mol. The highest BCUT2D eigenvalue weighted by Crippen LogP contribution is 2.14. The van der Waals surface area contributed by atoms with Gasteiger partial charge in [-0.2, -0.15) is 5.26 Å². The number of nitriles is 1. The van der Waals surface area contributed by atoms with Gasteiger partial charge < -0.3 is 5.32 Å². The van der Waals surface area contributed by atoms with Gasteiger partial charge in [0.15, 0.2) is 0 Å². The summed E-state index contributed by atoms with van der Waals surface area (Å²) < 4.78 is 12.8. The molecule has 4 heteroatoms. The van der Waals surface area contributed by atoms with Crippen LogP contribution in [0.3, 0.4) is 0 Å². The Kier molecular flexibility index (Phi) is 4.22. The first kappa shape index (κ1) is 13.2. The molecular formula is C15H14FN3. The molecule has 2 aromatic rings.